The van der Waals surface area contributed by atoms with Crippen LogP contribution in [0.15, 0.2) is 29.1 Å². The summed E-state index contributed by atoms with van der Waals surface area (Å²) in [6.07, 6.45) is 1.30. The van der Waals surface area contributed by atoms with Gasteiger partial charge in [0.1, 0.15) is 11.4 Å². The molecule has 0 unspecified atom stereocenters. The van der Waals surface area contributed by atoms with E-state index in [4.69, 9.17) is 16.3 Å². The van der Waals surface area contributed by atoms with Gasteiger partial charge in [-0.25, -0.2) is 24.0 Å². The normalized spacial score (nSPS) is 17.8. The van der Waals surface area contributed by atoms with Gasteiger partial charge in [0.2, 0.25) is 5.82 Å². The summed E-state index contributed by atoms with van der Waals surface area (Å²) in [6, 6.07) is 2.89. The molecule has 0 aromatic carbocycles. The van der Waals surface area contributed by atoms with E-state index in [-0.39, 0.29) is 28.8 Å². The lowest BCUT2D eigenvalue weighted by molar-refractivity contribution is 0.0134. The molecule has 2 aromatic heterocycles. The monoisotopic (exact) mass is 542 g/mol. The molecule has 0 spiro atoms. The number of aryl methyl sites for hydroxylation is 1. The van der Waals surface area contributed by atoms with Crippen LogP contribution in [0.3, 0.4) is 0 Å². The van der Waals surface area contributed by atoms with Crippen molar-refractivity contribution in [1.82, 2.24) is 19.8 Å². The molecule has 38 heavy (non-hydrogen) atoms. The number of aromatic nitrogens is 2. The number of fused-ring (bicyclic) bond motifs is 1. The molecule has 1 atom stereocenters. The van der Waals surface area contributed by atoms with Crippen molar-refractivity contribution < 1.29 is 18.7 Å². The molecule has 1 amide bonds. The molecule has 0 saturated carbocycles. The fraction of sp³-hybridized carbons (Fsp3) is 0.481. The maximum absolute atomic E-state index is 14.8. The van der Waals surface area contributed by atoms with Crippen LogP contribution in [0.25, 0.3) is 0 Å². The first-order valence-electron chi connectivity index (χ1n) is 12.5. The molecule has 4 rings (SSSR count). The lowest BCUT2D eigenvalue weighted by Crippen LogP contribution is -2.56. The van der Waals surface area contributed by atoms with Crippen LogP contribution in [0.2, 0.25) is 5.15 Å². The first kappa shape index (κ1) is 27.5. The topological polar surface area (TPSA) is 91.2 Å². The molecular weight excluding hydrogens is 511 g/mol. The molecule has 11 heteroatoms. The highest BCUT2D eigenvalue weighted by Gasteiger charge is 2.38. The van der Waals surface area contributed by atoms with Crippen LogP contribution in [0.1, 0.15) is 64.3 Å². The van der Waals surface area contributed by atoms with Gasteiger partial charge in [0.25, 0.3) is 0 Å². The van der Waals surface area contributed by atoms with Crippen LogP contribution >= 0.6 is 11.6 Å². The van der Waals surface area contributed by atoms with Crippen molar-refractivity contribution >= 4 is 41.0 Å². The lowest BCUT2D eigenvalue weighted by Gasteiger charge is -2.43. The number of pyridine rings is 2. The summed E-state index contributed by atoms with van der Waals surface area (Å²) in [5.41, 5.74) is 1.95. The fourth-order valence-corrected chi connectivity index (χ4v) is 4.79. The first-order chi connectivity index (χ1) is 17.8. The zero-order chi connectivity index (χ0) is 27.9. The highest BCUT2D eigenvalue weighted by molar-refractivity contribution is 6.30. The predicted molar refractivity (Wildman–Crippen MR) is 144 cm³/mol. The van der Waals surface area contributed by atoms with Crippen molar-refractivity contribution in [2.45, 2.75) is 66.0 Å². The van der Waals surface area contributed by atoms with E-state index < -0.39 is 17.5 Å². The number of carbonyl (C=O) groups excluding carboxylic acids is 2. The van der Waals surface area contributed by atoms with Crippen molar-refractivity contribution in [1.29, 1.82) is 0 Å². The molecule has 1 fully saturated rings. The smallest absolute Gasteiger partial charge is 0.410 e. The number of piperazine rings is 1. The van der Waals surface area contributed by atoms with Crippen molar-refractivity contribution in [3.8, 4) is 0 Å². The number of halogens is 2. The van der Waals surface area contributed by atoms with Crippen LogP contribution in [0, 0.1) is 12.7 Å². The molecule has 0 N–H and O–H groups in total. The van der Waals surface area contributed by atoms with Gasteiger partial charge >= 0.3 is 6.09 Å². The minimum atomic E-state index is -0.705. The Morgan fingerprint density at radius 2 is 2.00 bits per heavy atom. The fourth-order valence-electron chi connectivity index (χ4n) is 4.65. The summed E-state index contributed by atoms with van der Waals surface area (Å²) >= 11 is 6.15. The molecule has 9 nitrogen and oxygen atoms in total. The van der Waals surface area contributed by atoms with Gasteiger partial charge in [-0.1, -0.05) is 25.4 Å². The van der Waals surface area contributed by atoms with Gasteiger partial charge in [-0.3, -0.25) is 9.88 Å². The summed E-state index contributed by atoms with van der Waals surface area (Å²) in [5, 5.41) is -0.323. The summed E-state index contributed by atoms with van der Waals surface area (Å²) in [6.45, 7) is 14.4. The zero-order valence-corrected chi connectivity index (χ0v) is 23.4. The third-order valence-corrected chi connectivity index (χ3v) is 6.62. The van der Waals surface area contributed by atoms with Crippen LogP contribution in [-0.4, -0.2) is 68.9 Å². The Labute approximate surface area is 227 Å². The average molecular weight is 543 g/mol. The third-order valence-electron chi connectivity index (χ3n) is 6.36. The minimum Gasteiger partial charge on any atom is -0.444 e. The number of ether oxygens (including phenoxy) is 1. The number of hydrogen-bond acceptors (Lipinski definition) is 8. The summed E-state index contributed by atoms with van der Waals surface area (Å²) < 4.78 is 20.3. The molecular formula is C27H32ClFN6O3. The van der Waals surface area contributed by atoms with E-state index >= 15 is 0 Å². The molecule has 0 bridgehead atoms. The summed E-state index contributed by atoms with van der Waals surface area (Å²) in [7, 11) is 0. The van der Waals surface area contributed by atoms with E-state index in [1.165, 1.54) is 6.07 Å². The first-order valence-corrected chi connectivity index (χ1v) is 12.9. The zero-order valence-electron chi connectivity index (χ0n) is 22.7. The Morgan fingerprint density at radius 3 is 2.61 bits per heavy atom. The number of hydrogen-bond donors (Lipinski definition) is 0. The van der Waals surface area contributed by atoms with Crippen LogP contribution < -0.4 is 4.90 Å². The average Bonchev–Trinajstić information content (AvgIpc) is 2.83. The van der Waals surface area contributed by atoms with Crippen molar-refractivity contribution in [2.24, 2.45) is 4.99 Å². The second-order valence-electron chi connectivity index (χ2n) is 10.8. The molecule has 4 heterocycles. The Bertz CT molecular complexity index is 1350. The van der Waals surface area contributed by atoms with E-state index in [9.17, 15) is 14.0 Å². The van der Waals surface area contributed by atoms with E-state index in [1.807, 2.05) is 65.4 Å². The Morgan fingerprint density at radius 1 is 1.29 bits per heavy atom. The van der Waals surface area contributed by atoms with Crippen molar-refractivity contribution in [3.05, 3.63) is 51.9 Å². The minimum absolute atomic E-state index is 0.0171. The second kappa shape index (κ2) is 10.3. The highest BCUT2D eigenvalue weighted by Crippen LogP contribution is 2.41. The molecule has 2 aliphatic heterocycles. The van der Waals surface area contributed by atoms with Crippen molar-refractivity contribution in [2.75, 3.05) is 24.5 Å². The number of anilines is 2. The molecule has 0 radical (unpaired) electrons. The molecule has 0 aliphatic carbocycles. The largest absolute Gasteiger partial charge is 0.444 e. The summed E-state index contributed by atoms with van der Waals surface area (Å²) in [5.74, 6) is 1.85. The lowest BCUT2D eigenvalue weighted by atomic mass is 10.0. The van der Waals surface area contributed by atoms with E-state index in [0.717, 1.165) is 11.3 Å². The third kappa shape index (κ3) is 5.24. The highest BCUT2D eigenvalue weighted by atomic mass is 35.5. The second-order valence-corrected chi connectivity index (χ2v) is 11.2. The number of rotatable bonds is 2. The quantitative estimate of drug-likeness (QED) is 0.380. The van der Waals surface area contributed by atoms with Gasteiger partial charge in [0, 0.05) is 31.9 Å². The van der Waals surface area contributed by atoms with Gasteiger partial charge < -0.3 is 14.5 Å². The maximum atomic E-state index is 14.8. The molecule has 202 valence electrons. The Balaban J connectivity index is 1.79. The van der Waals surface area contributed by atoms with Crippen molar-refractivity contribution in [3.63, 3.8) is 0 Å². The number of nitrogens with zero attached hydrogens (tertiary/aromatic N) is 6. The summed E-state index contributed by atoms with van der Waals surface area (Å²) in [4.78, 5) is 43.7. The SMILES string of the molecule is Cc1ccnc(C(C)C)c1N1C(=C=O)N=C(N2CCN(C(=O)OC(C)(C)C)C[C@@H]2C)c2cc(F)c(Cl)nc21. The Kier molecular flexibility index (Phi) is 7.50. The standard InChI is InChI=1S/C27H32ClFN6O3/c1-15(2)21-22(16(3)8-9-30-21)35-20(14-36)31-24(18-12-19(29)23(28)32-25(18)35)34-11-10-33(13-17(34)4)26(37)38-27(5,6)7/h8-9,12,15,17H,10-11,13H2,1-7H3/t17-/m0/s1. The Hall–Kier alpha value is -3.49. The van der Waals surface area contributed by atoms with Gasteiger partial charge in [0.05, 0.1) is 16.9 Å². The van der Waals surface area contributed by atoms with Gasteiger partial charge in [-0.15, -0.1) is 0 Å². The van der Waals surface area contributed by atoms with E-state index in [0.29, 0.717) is 36.7 Å². The van der Waals surface area contributed by atoms with Crippen LogP contribution in [0.5, 0.6) is 0 Å². The van der Waals surface area contributed by atoms with Gasteiger partial charge in [-0.2, -0.15) is 0 Å². The number of aliphatic imine (C=N–C) groups is 1. The number of amidine groups is 1. The van der Waals surface area contributed by atoms with E-state index in [1.54, 1.807) is 16.0 Å². The van der Waals surface area contributed by atoms with Crippen LogP contribution in [-0.2, 0) is 9.53 Å². The molecule has 2 aliphatic rings. The number of amides is 1. The van der Waals surface area contributed by atoms with Gasteiger partial charge in [0.15, 0.2) is 22.7 Å². The van der Waals surface area contributed by atoms with E-state index in [2.05, 4.69) is 15.0 Å². The van der Waals surface area contributed by atoms with Gasteiger partial charge in [-0.05, 0) is 58.2 Å². The maximum Gasteiger partial charge on any atom is 0.410 e. The number of carbonyl (C=O) groups is 1. The molecule has 1 saturated heterocycles. The molecule has 2 aromatic rings. The predicted octanol–water partition coefficient (Wildman–Crippen LogP) is 5.21. The van der Waals surface area contributed by atoms with Crippen LogP contribution in [0.4, 0.5) is 20.7 Å².